The summed E-state index contributed by atoms with van der Waals surface area (Å²) in [5.41, 5.74) is 4.77. The molecule has 2 aliphatic heterocycles. The molecule has 2 aliphatic rings. The Kier molecular flexibility index (Phi) is 6.73. The lowest BCUT2D eigenvalue weighted by atomic mass is 9.97. The first-order valence-electron chi connectivity index (χ1n) is 9.84. The number of hydrazone groups is 1. The van der Waals surface area contributed by atoms with Crippen LogP contribution in [-0.4, -0.2) is 53.0 Å². The van der Waals surface area contributed by atoms with Crippen molar-refractivity contribution >= 4 is 23.4 Å². The molecule has 0 spiro atoms. The number of pyridine rings is 1. The Morgan fingerprint density at radius 3 is 2.89 bits per heavy atom. The van der Waals surface area contributed by atoms with Crippen LogP contribution in [0.5, 0.6) is 0 Å². The number of amides is 3. The summed E-state index contributed by atoms with van der Waals surface area (Å²) in [4.78, 5) is 41.9. The molecule has 3 amide bonds. The maximum atomic E-state index is 12.5. The zero-order chi connectivity index (χ0) is 19.9. The maximum absolute atomic E-state index is 12.5. The number of carbonyl (C=O) groups excluding carboxylic acids is 3. The number of likely N-dealkylation sites (tertiary alicyclic amines) is 1. The molecule has 0 radical (unpaired) electrons. The Labute approximate surface area is 164 Å². The van der Waals surface area contributed by atoms with Crippen LogP contribution in [0.1, 0.15) is 54.6 Å². The Hall–Kier alpha value is -2.77. The zero-order valence-electron chi connectivity index (χ0n) is 16.2. The van der Waals surface area contributed by atoms with Gasteiger partial charge in [0.05, 0.1) is 5.56 Å². The summed E-state index contributed by atoms with van der Waals surface area (Å²) < 4.78 is 0. The molecule has 3 heterocycles. The molecular weight excluding hydrogens is 358 g/mol. The van der Waals surface area contributed by atoms with E-state index < -0.39 is 0 Å². The van der Waals surface area contributed by atoms with Crippen LogP contribution in [0.3, 0.4) is 0 Å². The Morgan fingerprint density at radius 1 is 1.32 bits per heavy atom. The van der Waals surface area contributed by atoms with Gasteiger partial charge in [0, 0.05) is 50.1 Å². The van der Waals surface area contributed by atoms with E-state index in [0.29, 0.717) is 44.3 Å². The molecule has 0 aliphatic carbocycles. The number of carbonyl (C=O) groups is 3. The molecule has 1 atom stereocenters. The highest BCUT2D eigenvalue weighted by molar-refractivity contribution is 5.94. The number of rotatable bonds is 6. The van der Waals surface area contributed by atoms with Crippen molar-refractivity contribution < 1.29 is 14.4 Å². The molecule has 28 heavy (non-hydrogen) atoms. The van der Waals surface area contributed by atoms with E-state index in [2.05, 4.69) is 20.8 Å². The summed E-state index contributed by atoms with van der Waals surface area (Å²) in [6.07, 6.45) is 5.57. The molecule has 0 bridgehead atoms. The van der Waals surface area contributed by atoms with Crippen LogP contribution in [0.2, 0.25) is 0 Å². The van der Waals surface area contributed by atoms with Gasteiger partial charge in [-0.2, -0.15) is 5.10 Å². The highest BCUT2D eigenvalue weighted by Crippen LogP contribution is 2.18. The average Bonchev–Trinajstić information content (AvgIpc) is 2.72. The third-order valence-corrected chi connectivity index (χ3v) is 5.20. The summed E-state index contributed by atoms with van der Waals surface area (Å²) in [6.45, 7) is 3.85. The normalized spacial score (nSPS) is 19.6. The average molecular weight is 385 g/mol. The van der Waals surface area contributed by atoms with Crippen molar-refractivity contribution in [3.8, 4) is 0 Å². The molecule has 1 saturated heterocycles. The maximum Gasteiger partial charge on any atom is 0.252 e. The highest BCUT2D eigenvalue weighted by atomic mass is 16.2. The van der Waals surface area contributed by atoms with Gasteiger partial charge < -0.3 is 10.2 Å². The molecule has 2 N–H and O–H groups in total. The fraction of sp³-hybridized carbons (Fsp3) is 0.550. The van der Waals surface area contributed by atoms with E-state index in [-0.39, 0.29) is 23.6 Å². The third-order valence-electron chi connectivity index (χ3n) is 5.20. The lowest BCUT2D eigenvalue weighted by Crippen LogP contribution is -2.43. The second-order valence-corrected chi connectivity index (χ2v) is 7.46. The fourth-order valence-electron chi connectivity index (χ4n) is 3.50. The molecule has 0 saturated carbocycles. The van der Waals surface area contributed by atoms with Crippen molar-refractivity contribution in [2.45, 2.75) is 45.4 Å². The number of nitrogens with zero attached hydrogens (tertiary/aromatic N) is 3. The zero-order valence-corrected chi connectivity index (χ0v) is 16.2. The van der Waals surface area contributed by atoms with Crippen molar-refractivity contribution in [3.63, 3.8) is 0 Å². The molecule has 3 rings (SSSR count). The van der Waals surface area contributed by atoms with E-state index in [1.54, 1.807) is 12.3 Å². The predicted octanol–water partition coefficient (Wildman–Crippen LogP) is 1.40. The highest BCUT2D eigenvalue weighted by Gasteiger charge is 2.24. The lowest BCUT2D eigenvalue weighted by Gasteiger charge is -2.33. The third kappa shape index (κ3) is 5.61. The van der Waals surface area contributed by atoms with Crippen molar-refractivity contribution in [2.75, 3.05) is 19.6 Å². The van der Waals surface area contributed by atoms with Gasteiger partial charge in [-0.05, 0) is 50.7 Å². The van der Waals surface area contributed by atoms with Gasteiger partial charge in [0.15, 0.2) is 0 Å². The minimum Gasteiger partial charge on any atom is -0.352 e. The van der Waals surface area contributed by atoms with Gasteiger partial charge >= 0.3 is 0 Å². The van der Waals surface area contributed by atoms with Crippen LogP contribution in [0.4, 0.5) is 0 Å². The van der Waals surface area contributed by atoms with Crippen LogP contribution >= 0.6 is 0 Å². The number of nitrogens with one attached hydrogen (secondary N) is 2. The number of aromatic nitrogens is 1. The Balaban J connectivity index is 1.43. The fourth-order valence-corrected chi connectivity index (χ4v) is 3.50. The van der Waals surface area contributed by atoms with E-state index in [4.69, 9.17) is 0 Å². The van der Waals surface area contributed by atoms with Crippen molar-refractivity contribution in [1.29, 1.82) is 0 Å². The van der Waals surface area contributed by atoms with E-state index in [1.165, 1.54) is 0 Å². The van der Waals surface area contributed by atoms with Gasteiger partial charge in [0.1, 0.15) is 0 Å². The van der Waals surface area contributed by atoms with E-state index in [1.807, 2.05) is 17.9 Å². The van der Waals surface area contributed by atoms with Crippen LogP contribution in [-0.2, 0) is 9.59 Å². The summed E-state index contributed by atoms with van der Waals surface area (Å²) in [5, 5.41) is 6.98. The number of hydrogen-bond acceptors (Lipinski definition) is 5. The van der Waals surface area contributed by atoms with Gasteiger partial charge in [0.25, 0.3) is 5.91 Å². The van der Waals surface area contributed by atoms with E-state index in [9.17, 15) is 14.4 Å². The van der Waals surface area contributed by atoms with Gasteiger partial charge in [-0.3, -0.25) is 19.4 Å². The lowest BCUT2D eigenvalue weighted by molar-refractivity contribution is -0.132. The SMILES string of the molecule is Cc1ccc(C(=O)NCC2CCCN(C(=O)CCC3=NNC(=O)CC3)C2)cn1. The van der Waals surface area contributed by atoms with Crippen molar-refractivity contribution in [3.05, 3.63) is 29.6 Å². The van der Waals surface area contributed by atoms with E-state index in [0.717, 1.165) is 30.8 Å². The number of aryl methyl sites for hydroxylation is 1. The topological polar surface area (TPSA) is 104 Å². The summed E-state index contributed by atoms with van der Waals surface area (Å²) in [7, 11) is 0. The van der Waals surface area contributed by atoms with Gasteiger partial charge in [-0.1, -0.05) is 0 Å². The van der Waals surface area contributed by atoms with E-state index >= 15 is 0 Å². The summed E-state index contributed by atoms with van der Waals surface area (Å²) in [6, 6.07) is 3.59. The van der Waals surface area contributed by atoms with Crippen molar-refractivity contribution in [2.24, 2.45) is 11.0 Å². The minimum absolute atomic E-state index is 0.0718. The molecular formula is C20H27N5O3. The molecule has 1 unspecified atom stereocenters. The second kappa shape index (κ2) is 9.43. The van der Waals surface area contributed by atoms with Crippen LogP contribution in [0.25, 0.3) is 0 Å². The van der Waals surface area contributed by atoms with Gasteiger partial charge in [-0.25, -0.2) is 5.43 Å². The summed E-state index contributed by atoms with van der Waals surface area (Å²) >= 11 is 0. The molecule has 1 aromatic rings. The first-order chi connectivity index (χ1) is 13.5. The minimum atomic E-state index is -0.131. The monoisotopic (exact) mass is 385 g/mol. The quantitative estimate of drug-likeness (QED) is 0.772. The first-order valence-corrected chi connectivity index (χ1v) is 9.84. The Morgan fingerprint density at radius 2 is 2.18 bits per heavy atom. The standard InChI is InChI=1S/C20H27N5O3/c1-14-4-5-16(12-21-14)20(28)22-11-15-3-2-10-25(13-15)19(27)9-7-17-6-8-18(26)24-23-17/h4-5,12,15H,2-3,6-11,13H2,1H3,(H,22,28)(H,24,26). The second-order valence-electron chi connectivity index (χ2n) is 7.46. The van der Waals surface area contributed by atoms with Crippen LogP contribution in [0.15, 0.2) is 23.4 Å². The number of hydrogen-bond donors (Lipinski definition) is 2. The molecule has 8 heteroatoms. The molecule has 8 nitrogen and oxygen atoms in total. The predicted molar refractivity (Wildman–Crippen MR) is 105 cm³/mol. The van der Waals surface area contributed by atoms with Gasteiger partial charge in [-0.15, -0.1) is 0 Å². The van der Waals surface area contributed by atoms with Crippen LogP contribution < -0.4 is 10.7 Å². The molecule has 0 aromatic carbocycles. The molecule has 1 fully saturated rings. The van der Waals surface area contributed by atoms with Gasteiger partial charge in [0.2, 0.25) is 11.8 Å². The molecule has 150 valence electrons. The molecule has 1 aromatic heterocycles. The first kappa shape index (κ1) is 20.0. The smallest absolute Gasteiger partial charge is 0.252 e. The Bertz CT molecular complexity index is 760. The van der Waals surface area contributed by atoms with Crippen LogP contribution in [0, 0.1) is 12.8 Å². The number of piperidine rings is 1. The summed E-state index contributed by atoms with van der Waals surface area (Å²) in [5.74, 6) is 0.162. The van der Waals surface area contributed by atoms with Crippen molar-refractivity contribution in [1.82, 2.24) is 20.6 Å². The largest absolute Gasteiger partial charge is 0.352 e.